The predicted octanol–water partition coefficient (Wildman–Crippen LogP) is 0.761. The molecule has 4 heteroatoms. The average Bonchev–Trinajstić information content (AvgIpc) is 2.45. The molecule has 2 atom stereocenters. The minimum absolute atomic E-state index is 0.124. The lowest BCUT2D eigenvalue weighted by Crippen LogP contribution is -2.41. The number of hydrogen-bond acceptors (Lipinski definition) is 3. The maximum atomic E-state index is 10.3. The fourth-order valence-corrected chi connectivity index (χ4v) is 2.45. The molecular formula is C10H17NO3. The van der Waals surface area contributed by atoms with E-state index in [0.717, 1.165) is 12.8 Å². The normalized spacial score (nSPS) is 35.9. The van der Waals surface area contributed by atoms with E-state index in [4.69, 9.17) is 9.84 Å². The summed E-state index contributed by atoms with van der Waals surface area (Å²) in [5, 5.41) is 12.0. The molecule has 0 aromatic carbocycles. The van der Waals surface area contributed by atoms with Crippen molar-refractivity contribution in [2.24, 2.45) is 0 Å². The van der Waals surface area contributed by atoms with Crippen LogP contribution in [0.2, 0.25) is 0 Å². The van der Waals surface area contributed by atoms with Crippen LogP contribution in [-0.4, -0.2) is 35.9 Å². The number of carboxylic acids is 1. The summed E-state index contributed by atoms with van der Waals surface area (Å²) in [4.78, 5) is 10.3. The van der Waals surface area contributed by atoms with E-state index in [1.54, 1.807) is 0 Å². The zero-order valence-electron chi connectivity index (χ0n) is 8.24. The van der Waals surface area contributed by atoms with E-state index >= 15 is 0 Å². The van der Waals surface area contributed by atoms with Gasteiger partial charge in [0.05, 0.1) is 19.1 Å². The molecule has 2 rings (SSSR count). The molecule has 4 nitrogen and oxygen atoms in total. The molecule has 0 saturated carbocycles. The standard InChI is InChI=1S/C10H17NO3/c12-10(13)3-4-14-9-5-7-1-2-8(6-9)11-7/h7-9,11H,1-6H2,(H,12,13). The molecule has 14 heavy (non-hydrogen) atoms. The van der Waals surface area contributed by atoms with Crippen molar-refractivity contribution in [3.8, 4) is 0 Å². The van der Waals surface area contributed by atoms with Gasteiger partial charge < -0.3 is 15.2 Å². The maximum absolute atomic E-state index is 10.3. The molecule has 2 unspecified atom stereocenters. The summed E-state index contributed by atoms with van der Waals surface area (Å²) in [6.07, 6.45) is 5.02. The summed E-state index contributed by atoms with van der Waals surface area (Å²) in [7, 11) is 0. The van der Waals surface area contributed by atoms with E-state index in [1.807, 2.05) is 0 Å². The smallest absolute Gasteiger partial charge is 0.305 e. The first-order valence-electron chi connectivity index (χ1n) is 5.33. The van der Waals surface area contributed by atoms with Crippen molar-refractivity contribution < 1.29 is 14.6 Å². The molecule has 0 amide bonds. The van der Waals surface area contributed by atoms with Gasteiger partial charge in [-0.3, -0.25) is 4.79 Å². The summed E-state index contributed by atoms with van der Waals surface area (Å²) < 4.78 is 5.55. The van der Waals surface area contributed by atoms with Gasteiger partial charge in [0.15, 0.2) is 0 Å². The third-order valence-corrected chi connectivity index (χ3v) is 3.10. The monoisotopic (exact) mass is 199 g/mol. The van der Waals surface area contributed by atoms with Gasteiger partial charge in [-0.05, 0) is 25.7 Å². The Labute approximate surface area is 83.6 Å². The number of piperidine rings is 1. The van der Waals surface area contributed by atoms with Gasteiger partial charge in [0.2, 0.25) is 0 Å². The van der Waals surface area contributed by atoms with E-state index in [9.17, 15) is 4.79 Å². The number of carboxylic acid groups (broad SMARTS) is 1. The zero-order chi connectivity index (χ0) is 9.97. The summed E-state index contributed by atoms with van der Waals surface area (Å²) in [6.45, 7) is 0.361. The Morgan fingerprint density at radius 2 is 2.00 bits per heavy atom. The Balaban J connectivity index is 1.69. The van der Waals surface area contributed by atoms with Gasteiger partial charge in [-0.15, -0.1) is 0 Å². The summed E-state index contributed by atoms with van der Waals surface area (Å²) >= 11 is 0. The van der Waals surface area contributed by atoms with Crippen LogP contribution in [0.3, 0.4) is 0 Å². The van der Waals surface area contributed by atoms with Crippen LogP contribution in [0, 0.1) is 0 Å². The zero-order valence-corrected chi connectivity index (χ0v) is 8.24. The Hall–Kier alpha value is -0.610. The van der Waals surface area contributed by atoms with Crippen molar-refractivity contribution in [1.82, 2.24) is 5.32 Å². The molecule has 2 heterocycles. The molecule has 0 radical (unpaired) electrons. The number of fused-ring (bicyclic) bond motifs is 2. The highest BCUT2D eigenvalue weighted by molar-refractivity contribution is 5.66. The first-order chi connectivity index (χ1) is 6.74. The van der Waals surface area contributed by atoms with Gasteiger partial charge in [0, 0.05) is 12.1 Å². The molecule has 2 saturated heterocycles. The van der Waals surface area contributed by atoms with Crippen molar-refractivity contribution in [1.29, 1.82) is 0 Å². The lowest BCUT2D eigenvalue weighted by Gasteiger charge is -2.28. The summed E-state index contributed by atoms with van der Waals surface area (Å²) in [6, 6.07) is 1.23. The second-order valence-corrected chi connectivity index (χ2v) is 4.25. The molecule has 2 fully saturated rings. The van der Waals surface area contributed by atoms with E-state index in [0.29, 0.717) is 18.7 Å². The van der Waals surface area contributed by atoms with Crippen molar-refractivity contribution in [3.63, 3.8) is 0 Å². The van der Waals surface area contributed by atoms with Crippen LogP contribution in [0.25, 0.3) is 0 Å². The predicted molar refractivity (Wildman–Crippen MR) is 51.2 cm³/mol. The van der Waals surface area contributed by atoms with Crippen molar-refractivity contribution in [2.75, 3.05) is 6.61 Å². The molecule has 2 bridgehead atoms. The van der Waals surface area contributed by atoms with Crippen LogP contribution in [0.5, 0.6) is 0 Å². The SMILES string of the molecule is O=C(O)CCOC1CC2CCC(C1)N2. The van der Waals surface area contributed by atoms with Crippen molar-refractivity contribution >= 4 is 5.97 Å². The third kappa shape index (κ3) is 2.45. The summed E-state index contributed by atoms with van der Waals surface area (Å²) in [5.41, 5.74) is 0. The molecule has 2 N–H and O–H groups in total. The van der Waals surface area contributed by atoms with E-state index < -0.39 is 5.97 Å². The van der Waals surface area contributed by atoms with Crippen LogP contribution >= 0.6 is 0 Å². The van der Waals surface area contributed by atoms with Gasteiger partial charge in [-0.2, -0.15) is 0 Å². The van der Waals surface area contributed by atoms with Crippen LogP contribution < -0.4 is 5.32 Å². The van der Waals surface area contributed by atoms with Gasteiger partial charge >= 0.3 is 5.97 Å². The molecule has 2 aliphatic heterocycles. The highest BCUT2D eigenvalue weighted by Gasteiger charge is 2.33. The quantitative estimate of drug-likeness (QED) is 0.702. The van der Waals surface area contributed by atoms with Crippen LogP contribution in [0.4, 0.5) is 0 Å². The third-order valence-electron chi connectivity index (χ3n) is 3.10. The van der Waals surface area contributed by atoms with E-state index in [2.05, 4.69) is 5.32 Å². The second-order valence-electron chi connectivity index (χ2n) is 4.25. The number of aliphatic carboxylic acids is 1. The summed E-state index contributed by atoms with van der Waals surface area (Å²) in [5.74, 6) is -0.776. The van der Waals surface area contributed by atoms with E-state index in [-0.39, 0.29) is 12.5 Å². The first kappa shape index (κ1) is 9.93. The number of rotatable bonds is 4. The Morgan fingerprint density at radius 1 is 1.36 bits per heavy atom. The minimum Gasteiger partial charge on any atom is -0.481 e. The Morgan fingerprint density at radius 3 is 2.57 bits per heavy atom. The largest absolute Gasteiger partial charge is 0.481 e. The number of hydrogen-bond donors (Lipinski definition) is 2. The first-order valence-corrected chi connectivity index (χ1v) is 5.33. The topological polar surface area (TPSA) is 58.6 Å². The molecule has 0 spiro atoms. The molecule has 0 aromatic rings. The second kappa shape index (κ2) is 4.28. The van der Waals surface area contributed by atoms with Gasteiger partial charge in [-0.25, -0.2) is 0 Å². The number of carbonyl (C=O) groups is 1. The highest BCUT2D eigenvalue weighted by Crippen LogP contribution is 2.28. The van der Waals surface area contributed by atoms with Crippen LogP contribution in [0.1, 0.15) is 32.1 Å². The molecular weight excluding hydrogens is 182 g/mol. The van der Waals surface area contributed by atoms with Crippen LogP contribution in [0.15, 0.2) is 0 Å². The molecule has 80 valence electrons. The highest BCUT2D eigenvalue weighted by atomic mass is 16.5. The molecule has 0 aromatic heterocycles. The van der Waals surface area contributed by atoms with Gasteiger partial charge in [0.1, 0.15) is 0 Å². The van der Waals surface area contributed by atoms with Gasteiger partial charge in [0.25, 0.3) is 0 Å². The molecule has 0 aliphatic carbocycles. The van der Waals surface area contributed by atoms with Crippen LogP contribution in [-0.2, 0) is 9.53 Å². The lowest BCUT2D eigenvalue weighted by molar-refractivity contribution is -0.138. The number of nitrogens with one attached hydrogen (secondary N) is 1. The minimum atomic E-state index is -0.776. The molecule has 2 aliphatic rings. The fourth-order valence-electron chi connectivity index (χ4n) is 2.45. The fraction of sp³-hybridized carbons (Fsp3) is 0.900. The Kier molecular flexibility index (Phi) is 3.03. The van der Waals surface area contributed by atoms with Crippen molar-refractivity contribution in [3.05, 3.63) is 0 Å². The van der Waals surface area contributed by atoms with Crippen molar-refractivity contribution in [2.45, 2.75) is 50.3 Å². The number of ether oxygens (including phenoxy) is 1. The van der Waals surface area contributed by atoms with Gasteiger partial charge in [-0.1, -0.05) is 0 Å². The lowest BCUT2D eigenvalue weighted by atomic mass is 10.0. The average molecular weight is 199 g/mol. The Bertz CT molecular complexity index is 207. The van der Waals surface area contributed by atoms with E-state index in [1.165, 1.54) is 12.8 Å². The maximum Gasteiger partial charge on any atom is 0.305 e.